The number of H-pyrrole nitrogens is 1. The summed E-state index contributed by atoms with van der Waals surface area (Å²) in [5, 5.41) is 0. The van der Waals surface area contributed by atoms with Crippen LogP contribution in [0.3, 0.4) is 0 Å². The van der Waals surface area contributed by atoms with Crippen molar-refractivity contribution < 1.29 is 0 Å². The number of rotatable bonds is 2. The van der Waals surface area contributed by atoms with Gasteiger partial charge in [0.2, 0.25) is 0 Å². The van der Waals surface area contributed by atoms with E-state index < -0.39 is 0 Å². The van der Waals surface area contributed by atoms with Crippen LogP contribution in [0.4, 0.5) is 0 Å². The topological polar surface area (TPSA) is 71.5 Å². The molecule has 0 fully saturated rings. The van der Waals surface area contributed by atoms with E-state index in [1.165, 1.54) is 6.33 Å². The summed E-state index contributed by atoms with van der Waals surface area (Å²) in [6, 6.07) is 0. The highest BCUT2D eigenvalue weighted by Crippen LogP contribution is 2.02. The van der Waals surface area contributed by atoms with Gasteiger partial charge in [0, 0.05) is 6.20 Å². The Morgan fingerprint density at radius 3 is 3.07 bits per heavy atom. The highest BCUT2D eigenvalue weighted by atomic mass is 16.1. The minimum Gasteiger partial charge on any atom is -0.311 e. The predicted molar refractivity (Wildman–Crippen MR) is 51.9 cm³/mol. The Bertz CT molecular complexity index is 505. The van der Waals surface area contributed by atoms with E-state index in [9.17, 15) is 4.79 Å². The van der Waals surface area contributed by atoms with Crippen molar-refractivity contribution in [2.75, 3.05) is 0 Å². The molecule has 0 aliphatic heterocycles. The van der Waals surface area contributed by atoms with Crippen LogP contribution >= 0.6 is 0 Å². The van der Waals surface area contributed by atoms with E-state index in [-0.39, 0.29) is 5.56 Å². The molecule has 0 amide bonds. The number of nitrogens with zero attached hydrogens (tertiary/aromatic N) is 3. The van der Waals surface area contributed by atoms with Gasteiger partial charge in [0.25, 0.3) is 5.56 Å². The lowest BCUT2D eigenvalue weighted by molar-refractivity contribution is 0.876. The van der Waals surface area contributed by atoms with Crippen LogP contribution in [0.1, 0.15) is 19.0 Å². The molecule has 5 heteroatoms. The molecule has 0 saturated heterocycles. The third-order valence-corrected chi connectivity index (χ3v) is 1.91. The van der Waals surface area contributed by atoms with Crippen molar-refractivity contribution in [2.24, 2.45) is 0 Å². The molecule has 0 unspecified atom stereocenters. The zero-order valence-corrected chi connectivity index (χ0v) is 7.82. The van der Waals surface area contributed by atoms with Crippen molar-refractivity contribution in [1.29, 1.82) is 0 Å². The van der Waals surface area contributed by atoms with E-state index in [0.29, 0.717) is 11.2 Å². The second-order valence-electron chi connectivity index (χ2n) is 3.02. The number of aromatic nitrogens is 4. The average Bonchev–Trinajstić information content (AvgIpc) is 2.18. The lowest BCUT2D eigenvalue weighted by atomic mass is 10.2. The first-order chi connectivity index (χ1) is 6.81. The molecule has 1 N–H and O–H groups in total. The molecule has 0 aromatic carbocycles. The van der Waals surface area contributed by atoms with E-state index in [2.05, 4.69) is 26.9 Å². The molecule has 0 spiro atoms. The quantitative estimate of drug-likeness (QED) is 0.755. The van der Waals surface area contributed by atoms with Gasteiger partial charge in [-0.1, -0.05) is 13.3 Å². The smallest absolute Gasteiger partial charge is 0.278 e. The number of aromatic amines is 1. The van der Waals surface area contributed by atoms with Gasteiger partial charge in [-0.05, 0) is 6.42 Å². The van der Waals surface area contributed by atoms with Crippen LogP contribution in [0, 0.1) is 0 Å². The molecular formula is C9H10N4O. The van der Waals surface area contributed by atoms with Crippen LogP contribution in [0.5, 0.6) is 0 Å². The van der Waals surface area contributed by atoms with E-state index in [1.807, 2.05) is 0 Å². The molecule has 0 aliphatic rings. The van der Waals surface area contributed by atoms with Crippen molar-refractivity contribution in [1.82, 2.24) is 19.9 Å². The first-order valence-electron chi connectivity index (χ1n) is 4.50. The number of nitrogens with one attached hydrogen (secondary N) is 1. The Hall–Kier alpha value is -1.78. The van der Waals surface area contributed by atoms with Crippen LogP contribution in [0.2, 0.25) is 0 Å². The van der Waals surface area contributed by atoms with E-state index in [1.54, 1.807) is 6.20 Å². The molecular weight excluding hydrogens is 180 g/mol. The number of hydrogen-bond acceptors (Lipinski definition) is 4. The second-order valence-corrected chi connectivity index (χ2v) is 3.02. The van der Waals surface area contributed by atoms with Gasteiger partial charge >= 0.3 is 0 Å². The van der Waals surface area contributed by atoms with Gasteiger partial charge in [-0.25, -0.2) is 15.0 Å². The number of fused-ring (bicyclic) bond motifs is 1. The van der Waals surface area contributed by atoms with Crippen LogP contribution in [0.25, 0.3) is 11.2 Å². The van der Waals surface area contributed by atoms with Gasteiger partial charge < -0.3 is 4.98 Å². The Morgan fingerprint density at radius 1 is 1.43 bits per heavy atom. The first kappa shape index (κ1) is 8.80. The minimum atomic E-state index is -0.245. The summed E-state index contributed by atoms with van der Waals surface area (Å²) in [5.41, 5.74) is 1.34. The molecule has 2 rings (SSSR count). The fourth-order valence-electron chi connectivity index (χ4n) is 1.26. The van der Waals surface area contributed by atoms with Gasteiger partial charge in [0.05, 0.1) is 12.0 Å². The Balaban J connectivity index is 2.61. The zero-order valence-electron chi connectivity index (χ0n) is 7.82. The molecule has 72 valence electrons. The molecule has 0 radical (unpaired) electrons. The van der Waals surface area contributed by atoms with Gasteiger partial charge in [-0.2, -0.15) is 0 Å². The third kappa shape index (κ3) is 1.48. The van der Waals surface area contributed by atoms with Crippen molar-refractivity contribution >= 4 is 11.2 Å². The Morgan fingerprint density at radius 2 is 2.29 bits per heavy atom. The highest BCUT2D eigenvalue weighted by molar-refractivity contribution is 5.67. The normalized spacial score (nSPS) is 10.6. The Kier molecular flexibility index (Phi) is 2.22. The van der Waals surface area contributed by atoms with Gasteiger partial charge in [-0.3, -0.25) is 4.79 Å². The van der Waals surface area contributed by atoms with Gasteiger partial charge in [-0.15, -0.1) is 0 Å². The summed E-state index contributed by atoms with van der Waals surface area (Å²) in [7, 11) is 0. The monoisotopic (exact) mass is 190 g/mol. The molecule has 5 nitrogen and oxygen atoms in total. The molecule has 0 aliphatic carbocycles. The SMILES string of the molecule is CCCc1cnc2c(=O)[nH]cnc2n1. The maximum absolute atomic E-state index is 11.2. The van der Waals surface area contributed by atoms with Crippen molar-refractivity contribution in [3.8, 4) is 0 Å². The van der Waals surface area contributed by atoms with Crippen molar-refractivity contribution in [3.63, 3.8) is 0 Å². The highest BCUT2D eigenvalue weighted by Gasteiger charge is 2.02. The summed E-state index contributed by atoms with van der Waals surface area (Å²) < 4.78 is 0. The summed E-state index contributed by atoms with van der Waals surface area (Å²) >= 11 is 0. The lowest BCUT2D eigenvalue weighted by Gasteiger charge is -1.98. The summed E-state index contributed by atoms with van der Waals surface area (Å²) in [4.78, 5) is 25.9. The van der Waals surface area contributed by atoms with Crippen LogP contribution in [-0.2, 0) is 6.42 Å². The summed E-state index contributed by atoms with van der Waals surface area (Å²) in [6.07, 6.45) is 4.83. The van der Waals surface area contributed by atoms with Crippen molar-refractivity contribution in [2.45, 2.75) is 19.8 Å². The van der Waals surface area contributed by atoms with Crippen LogP contribution < -0.4 is 5.56 Å². The van der Waals surface area contributed by atoms with Crippen LogP contribution in [-0.4, -0.2) is 19.9 Å². The maximum Gasteiger partial charge on any atom is 0.278 e. The summed E-state index contributed by atoms with van der Waals surface area (Å²) in [6.45, 7) is 2.07. The zero-order chi connectivity index (χ0) is 9.97. The van der Waals surface area contributed by atoms with Gasteiger partial charge in [0.1, 0.15) is 0 Å². The molecule has 2 heterocycles. The molecule has 2 aromatic heterocycles. The van der Waals surface area contributed by atoms with Crippen LogP contribution in [0.15, 0.2) is 17.3 Å². The molecule has 2 aromatic rings. The number of hydrogen-bond donors (Lipinski definition) is 1. The molecule has 0 atom stereocenters. The largest absolute Gasteiger partial charge is 0.311 e. The predicted octanol–water partition coefficient (Wildman–Crippen LogP) is 0.666. The standard InChI is InChI=1S/C9H10N4O/c1-2-3-6-4-10-7-8(13-6)11-5-12-9(7)14/h4-5H,2-3H2,1H3,(H,11,12,13,14). The summed E-state index contributed by atoms with van der Waals surface area (Å²) in [5.74, 6) is 0. The third-order valence-electron chi connectivity index (χ3n) is 1.91. The van der Waals surface area contributed by atoms with E-state index in [0.717, 1.165) is 18.5 Å². The van der Waals surface area contributed by atoms with Gasteiger partial charge in [0.15, 0.2) is 11.2 Å². The van der Waals surface area contributed by atoms with E-state index in [4.69, 9.17) is 0 Å². The minimum absolute atomic E-state index is 0.245. The average molecular weight is 190 g/mol. The van der Waals surface area contributed by atoms with E-state index >= 15 is 0 Å². The molecule has 0 saturated carbocycles. The fraction of sp³-hybridized carbons (Fsp3) is 0.333. The lowest BCUT2D eigenvalue weighted by Crippen LogP contribution is -2.09. The first-order valence-corrected chi connectivity index (χ1v) is 4.50. The fourth-order valence-corrected chi connectivity index (χ4v) is 1.26. The molecule has 14 heavy (non-hydrogen) atoms. The van der Waals surface area contributed by atoms with Crippen molar-refractivity contribution in [3.05, 3.63) is 28.6 Å². The Labute approximate surface area is 80.2 Å². The molecule has 0 bridgehead atoms. The maximum atomic E-state index is 11.2. The number of aryl methyl sites for hydroxylation is 1. The second kappa shape index (κ2) is 3.53.